The fraction of sp³-hybridized carbons (Fsp3) is 0.667. The maximum atomic E-state index is 12.0. The van der Waals surface area contributed by atoms with Crippen molar-refractivity contribution in [1.29, 1.82) is 0 Å². The van der Waals surface area contributed by atoms with Gasteiger partial charge in [0.15, 0.2) is 0 Å². The number of piperazine rings is 1. The average molecular weight is 383 g/mol. The van der Waals surface area contributed by atoms with Gasteiger partial charge in [0.25, 0.3) is 0 Å². The normalized spacial score (nSPS) is 20.2. The summed E-state index contributed by atoms with van der Waals surface area (Å²) in [6.45, 7) is 7.64. The monoisotopic (exact) mass is 382 g/mol. The van der Waals surface area contributed by atoms with Crippen molar-refractivity contribution in [2.24, 2.45) is 0 Å². The van der Waals surface area contributed by atoms with Crippen molar-refractivity contribution in [1.82, 2.24) is 14.9 Å². The van der Waals surface area contributed by atoms with Crippen LogP contribution in [0.15, 0.2) is 12.3 Å². The van der Waals surface area contributed by atoms with Crippen LogP contribution < -0.4 is 4.90 Å². The van der Waals surface area contributed by atoms with Crippen LogP contribution in [0.4, 0.5) is 5.82 Å². The smallest absolute Gasteiger partial charge is 0.305 e. The van der Waals surface area contributed by atoms with Crippen LogP contribution in [0.3, 0.4) is 0 Å². The van der Waals surface area contributed by atoms with Crippen molar-refractivity contribution in [3.8, 4) is 0 Å². The molecule has 0 radical (unpaired) electrons. The molecule has 0 saturated carbocycles. The van der Waals surface area contributed by atoms with Gasteiger partial charge < -0.3 is 14.5 Å². The number of anilines is 1. The van der Waals surface area contributed by atoms with Gasteiger partial charge in [-0.1, -0.05) is 6.92 Å². The third-order valence-electron chi connectivity index (χ3n) is 4.38. The van der Waals surface area contributed by atoms with Gasteiger partial charge in [0, 0.05) is 44.2 Å². The number of amides is 1. The number of halogens is 1. The lowest BCUT2D eigenvalue weighted by atomic mass is 10.1. The van der Waals surface area contributed by atoms with Crippen molar-refractivity contribution < 1.29 is 14.3 Å². The third-order valence-corrected chi connectivity index (χ3v) is 4.61. The predicted molar refractivity (Wildman–Crippen MR) is 100 cm³/mol. The van der Waals surface area contributed by atoms with Crippen molar-refractivity contribution in [2.45, 2.75) is 52.1 Å². The van der Waals surface area contributed by atoms with Gasteiger partial charge in [-0.15, -0.1) is 11.6 Å². The Balaban J connectivity index is 1.97. The molecule has 1 aromatic heterocycles. The summed E-state index contributed by atoms with van der Waals surface area (Å²) in [5.74, 6) is 1.25. The number of esters is 1. The number of carbonyl (C=O) groups excluding carboxylic acids is 2. The van der Waals surface area contributed by atoms with Crippen LogP contribution in [0.2, 0.25) is 0 Å². The quantitative estimate of drug-likeness (QED) is 0.530. The van der Waals surface area contributed by atoms with Crippen LogP contribution in [0, 0.1) is 0 Å². The summed E-state index contributed by atoms with van der Waals surface area (Å²) in [6.07, 6.45) is 3.41. The largest absolute Gasteiger partial charge is 0.465 e. The van der Waals surface area contributed by atoms with Gasteiger partial charge in [0.05, 0.1) is 6.61 Å². The molecular weight excluding hydrogens is 356 g/mol. The zero-order valence-electron chi connectivity index (χ0n) is 15.7. The van der Waals surface area contributed by atoms with E-state index in [4.69, 9.17) is 16.3 Å². The molecule has 2 atom stereocenters. The molecule has 1 aromatic rings. The van der Waals surface area contributed by atoms with E-state index in [2.05, 4.69) is 14.9 Å². The number of alkyl halides is 1. The van der Waals surface area contributed by atoms with E-state index in [-0.39, 0.29) is 36.4 Å². The first kappa shape index (κ1) is 20.4. The highest BCUT2D eigenvalue weighted by molar-refractivity contribution is 6.27. The van der Waals surface area contributed by atoms with E-state index in [9.17, 15) is 9.59 Å². The lowest BCUT2D eigenvalue weighted by Gasteiger charge is -2.44. The van der Waals surface area contributed by atoms with E-state index < -0.39 is 0 Å². The van der Waals surface area contributed by atoms with Gasteiger partial charge in [-0.2, -0.15) is 0 Å². The zero-order valence-corrected chi connectivity index (χ0v) is 16.4. The minimum atomic E-state index is -0.189. The molecule has 1 aliphatic rings. The van der Waals surface area contributed by atoms with Crippen molar-refractivity contribution >= 4 is 29.3 Å². The number of nitrogens with zero attached hydrogens (tertiary/aromatic N) is 4. The lowest BCUT2D eigenvalue weighted by Crippen LogP contribution is -2.59. The standard InChI is InChI=1S/C18H27ClN4O3/c1-4-5-18(25)26-9-7-15-20-8-6-16(21-15)22-11-13(2)23(14(3)12-22)17(24)10-19/h6,8,13-14H,4-5,7,9-12H2,1-3H3/t13-,14+. The Bertz CT molecular complexity index is 616. The highest BCUT2D eigenvalue weighted by Crippen LogP contribution is 2.21. The third kappa shape index (κ3) is 5.30. The summed E-state index contributed by atoms with van der Waals surface area (Å²) in [6, 6.07) is 1.97. The van der Waals surface area contributed by atoms with Gasteiger partial charge in [-0.3, -0.25) is 9.59 Å². The molecule has 144 valence electrons. The number of hydrogen-bond acceptors (Lipinski definition) is 6. The van der Waals surface area contributed by atoms with Gasteiger partial charge in [-0.25, -0.2) is 9.97 Å². The Morgan fingerprint density at radius 2 is 2.00 bits per heavy atom. The molecule has 0 unspecified atom stereocenters. The maximum absolute atomic E-state index is 12.0. The van der Waals surface area contributed by atoms with Crippen molar-refractivity contribution in [3.63, 3.8) is 0 Å². The molecule has 26 heavy (non-hydrogen) atoms. The molecular formula is C18H27ClN4O3. The Morgan fingerprint density at radius 1 is 1.31 bits per heavy atom. The first-order valence-corrected chi connectivity index (χ1v) is 9.59. The molecule has 0 N–H and O–H groups in total. The van der Waals surface area contributed by atoms with Crippen LogP contribution in [-0.4, -0.2) is 64.4 Å². The molecule has 1 amide bonds. The maximum Gasteiger partial charge on any atom is 0.305 e. The fourth-order valence-electron chi connectivity index (χ4n) is 3.29. The Morgan fingerprint density at radius 3 is 2.62 bits per heavy atom. The topological polar surface area (TPSA) is 75.6 Å². The van der Waals surface area contributed by atoms with Gasteiger partial charge >= 0.3 is 5.97 Å². The molecule has 8 heteroatoms. The highest BCUT2D eigenvalue weighted by Gasteiger charge is 2.32. The minimum absolute atomic E-state index is 0.00306. The Hall–Kier alpha value is -1.89. The molecule has 2 heterocycles. The second-order valence-corrected chi connectivity index (χ2v) is 6.86. The van der Waals surface area contributed by atoms with Crippen molar-refractivity contribution in [2.75, 3.05) is 30.5 Å². The lowest BCUT2D eigenvalue weighted by molar-refractivity contribution is -0.143. The Kier molecular flexibility index (Phi) is 7.63. The van der Waals surface area contributed by atoms with E-state index in [0.29, 0.717) is 31.8 Å². The van der Waals surface area contributed by atoms with Crippen LogP contribution in [0.25, 0.3) is 0 Å². The molecule has 7 nitrogen and oxygen atoms in total. The van der Waals surface area contributed by atoms with Gasteiger partial charge in [0.1, 0.15) is 17.5 Å². The minimum Gasteiger partial charge on any atom is -0.465 e. The number of carbonyl (C=O) groups is 2. The number of rotatable bonds is 7. The molecule has 1 aliphatic heterocycles. The summed E-state index contributed by atoms with van der Waals surface area (Å²) in [5, 5.41) is 0. The molecule has 0 spiro atoms. The van der Waals surface area contributed by atoms with E-state index >= 15 is 0 Å². The molecule has 2 rings (SSSR count). The molecule has 0 aliphatic carbocycles. The van der Waals surface area contributed by atoms with E-state index in [1.165, 1.54) is 0 Å². The number of hydrogen-bond donors (Lipinski definition) is 0. The van der Waals surface area contributed by atoms with Crippen molar-refractivity contribution in [3.05, 3.63) is 18.1 Å². The average Bonchev–Trinajstić information content (AvgIpc) is 2.61. The van der Waals surface area contributed by atoms with E-state index in [0.717, 1.165) is 12.2 Å². The molecule has 0 bridgehead atoms. The second kappa shape index (κ2) is 9.71. The van der Waals surface area contributed by atoms with E-state index in [1.54, 1.807) is 6.20 Å². The highest BCUT2D eigenvalue weighted by atomic mass is 35.5. The number of ether oxygens (including phenoxy) is 1. The van der Waals surface area contributed by atoms with Crippen LogP contribution in [-0.2, 0) is 20.7 Å². The van der Waals surface area contributed by atoms with E-state index in [1.807, 2.05) is 31.7 Å². The predicted octanol–water partition coefficient (Wildman–Crippen LogP) is 2.03. The fourth-order valence-corrected chi connectivity index (χ4v) is 3.43. The summed E-state index contributed by atoms with van der Waals surface area (Å²) in [5.41, 5.74) is 0. The molecule has 0 aromatic carbocycles. The second-order valence-electron chi connectivity index (χ2n) is 6.59. The SMILES string of the molecule is CCCC(=O)OCCc1nccc(N2C[C@@H](C)N(C(=O)CCl)[C@@H](C)C2)n1. The summed E-state index contributed by atoms with van der Waals surface area (Å²) >= 11 is 5.72. The zero-order chi connectivity index (χ0) is 19.1. The summed E-state index contributed by atoms with van der Waals surface area (Å²) in [7, 11) is 0. The first-order chi connectivity index (χ1) is 12.5. The van der Waals surface area contributed by atoms with Crippen LogP contribution >= 0.6 is 11.6 Å². The Labute approximate surface area is 159 Å². The summed E-state index contributed by atoms with van der Waals surface area (Å²) in [4.78, 5) is 36.3. The van der Waals surface area contributed by atoms with Crippen LogP contribution in [0.5, 0.6) is 0 Å². The summed E-state index contributed by atoms with van der Waals surface area (Å²) < 4.78 is 5.17. The molecule has 1 saturated heterocycles. The van der Waals surface area contributed by atoms with Gasteiger partial charge in [0.2, 0.25) is 5.91 Å². The van der Waals surface area contributed by atoms with Gasteiger partial charge in [-0.05, 0) is 26.3 Å². The van der Waals surface area contributed by atoms with Crippen LogP contribution in [0.1, 0.15) is 39.4 Å². The molecule has 1 fully saturated rings. The first-order valence-electron chi connectivity index (χ1n) is 9.05. The number of aromatic nitrogens is 2.